The van der Waals surface area contributed by atoms with Crippen molar-refractivity contribution in [2.24, 2.45) is 0 Å². The fourth-order valence-corrected chi connectivity index (χ4v) is 2.62. The predicted octanol–water partition coefficient (Wildman–Crippen LogP) is 1.25. The molecule has 2 N–H and O–H groups in total. The fraction of sp³-hybridized carbons (Fsp3) is 0.538. The van der Waals surface area contributed by atoms with Gasteiger partial charge in [0.1, 0.15) is 0 Å². The normalized spacial score (nSPS) is 17.6. The van der Waals surface area contributed by atoms with Crippen molar-refractivity contribution in [3.05, 3.63) is 35.9 Å². The topological polar surface area (TPSA) is 58.2 Å². The molecule has 1 aromatic rings. The second-order valence-electron chi connectivity index (χ2n) is 4.84. The summed E-state index contributed by atoms with van der Waals surface area (Å²) in [6.45, 7) is 2.62. The van der Waals surface area contributed by atoms with Crippen molar-refractivity contribution in [2.75, 3.05) is 6.54 Å². The summed E-state index contributed by atoms with van der Waals surface area (Å²) in [7, 11) is -3.24. The molecule has 0 amide bonds. The zero-order chi connectivity index (χ0) is 13.0. The van der Waals surface area contributed by atoms with Crippen LogP contribution in [0.25, 0.3) is 0 Å². The molecule has 18 heavy (non-hydrogen) atoms. The minimum atomic E-state index is -3.24. The minimum Gasteiger partial charge on any atom is -0.313 e. The summed E-state index contributed by atoms with van der Waals surface area (Å²) in [6.07, 6.45) is 2.34. The molecule has 1 aliphatic rings. The highest BCUT2D eigenvalue weighted by atomic mass is 32.2. The fourth-order valence-electron chi connectivity index (χ4n) is 1.65. The number of hydrogen-bond donors (Lipinski definition) is 2. The quantitative estimate of drug-likeness (QED) is 0.782. The van der Waals surface area contributed by atoms with Crippen LogP contribution in [0, 0.1) is 0 Å². The largest absolute Gasteiger partial charge is 0.313 e. The lowest BCUT2D eigenvalue weighted by molar-refractivity contribution is 0.557. The zero-order valence-corrected chi connectivity index (χ0v) is 11.4. The first-order valence-electron chi connectivity index (χ1n) is 6.34. The van der Waals surface area contributed by atoms with Crippen molar-refractivity contribution in [1.82, 2.24) is 10.0 Å². The Morgan fingerprint density at radius 3 is 2.56 bits per heavy atom. The van der Waals surface area contributed by atoms with Gasteiger partial charge in [-0.1, -0.05) is 30.3 Å². The third-order valence-corrected chi connectivity index (χ3v) is 4.89. The van der Waals surface area contributed by atoms with Crippen molar-refractivity contribution in [2.45, 2.75) is 37.6 Å². The van der Waals surface area contributed by atoms with Gasteiger partial charge in [-0.05, 0) is 25.3 Å². The maximum atomic E-state index is 12.0. The van der Waals surface area contributed by atoms with Crippen LogP contribution < -0.4 is 10.0 Å². The van der Waals surface area contributed by atoms with Crippen molar-refractivity contribution in [3.63, 3.8) is 0 Å². The standard InChI is InChI=1S/C13H20N2O2S/c1-11(9-14-13-7-8-13)18(16,17)15-10-12-5-3-2-4-6-12/h2-6,11,13-15H,7-10H2,1H3. The molecule has 0 heterocycles. The van der Waals surface area contributed by atoms with E-state index >= 15 is 0 Å². The Bertz CT molecular complexity index is 469. The molecule has 0 spiro atoms. The highest BCUT2D eigenvalue weighted by Crippen LogP contribution is 2.18. The summed E-state index contributed by atoms with van der Waals surface area (Å²) in [4.78, 5) is 0. The third kappa shape index (κ3) is 4.08. The summed E-state index contributed by atoms with van der Waals surface area (Å²) < 4.78 is 26.6. The van der Waals surface area contributed by atoms with Crippen LogP contribution in [-0.4, -0.2) is 26.3 Å². The van der Waals surface area contributed by atoms with E-state index in [2.05, 4.69) is 10.0 Å². The Balaban J connectivity index is 1.82. The molecule has 1 unspecified atom stereocenters. The lowest BCUT2D eigenvalue weighted by Crippen LogP contribution is -2.39. The van der Waals surface area contributed by atoms with E-state index in [-0.39, 0.29) is 0 Å². The molecule has 0 aliphatic heterocycles. The van der Waals surface area contributed by atoms with E-state index in [4.69, 9.17) is 0 Å². The van der Waals surface area contributed by atoms with Crippen LogP contribution >= 0.6 is 0 Å². The molecule has 1 aromatic carbocycles. The molecule has 4 nitrogen and oxygen atoms in total. The van der Waals surface area contributed by atoms with Gasteiger partial charge < -0.3 is 5.32 Å². The number of benzene rings is 1. The van der Waals surface area contributed by atoms with Gasteiger partial charge in [-0.25, -0.2) is 13.1 Å². The van der Waals surface area contributed by atoms with E-state index in [1.165, 1.54) is 12.8 Å². The Kier molecular flexibility index (Phi) is 4.37. The van der Waals surface area contributed by atoms with Crippen LogP contribution in [0.15, 0.2) is 30.3 Å². The third-order valence-electron chi connectivity index (χ3n) is 3.12. The van der Waals surface area contributed by atoms with Gasteiger partial charge in [-0.2, -0.15) is 0 Å². The van der Waals surface area contributed by atoms with Crippen LogP contribution in [-0.2, 0) is 16.6 Å². The molecular weight excluding hydrogens is 248 g/mol. The molecule has 1 atom stereocenters. The Hall–Kier alpha value is -0.910. The van der Waals surface area contributed by atoms with E-state index in [1.807, 2.05) is 30.3 Å². The van der Waals surface area contributed by atoms with Crippen molar-refractivity contribution in [1.29, 1.82) is 0 Å². The Labute approximate surface area is 109 Å². The smallest absolute Gasteiger partial charge is 0.215 e. The summed E-state index contributed by atoms with van der Waals surface area (Å²) >= 11 is 0. The summed E-state index contributed by atoms with van der Waals surface area (Å²) in [6, 6.07) is 10.1. The monoisotopic (exact) mass is 268 g/mol. The van der Waals surface area contributed by atoms with Gasteiger partial charge in [-0.3, -0.25) is 0 Å². The Morgan fingerprint density at radius 2 is 1.94 bits per heavy atom. The van der Waals surface area contributed by atoms with Gasteiger partial charge in [0, 0.05) is 19.1 Å². The molecule has 0 saturated heterocycles. The summed E-state index contributed by atoms with van der Waals surface area (Å²) in [5, 5.41) is 2.84. The van der Waals surface area contributed by atoms with Crippen molar-refractivity contribution >= 4 is 10.0 Å². The van der Waals surface area contributed by atoms with Gasteiger partial charge >= 0.3 is 0 Å². The van der Waals surface area contributed by atoms with Gasteiger partial charge in [0.25, 0.3) is 0 Å². The molecule has 5 heteroatoms. The van der Waals surface area contributed by atoms with Gasteiger partial charge in [-0.15, -0.1) is 0 Å². The van der Waals surface area contributed by atoms with E-state index < -0.39 is 15.3 Å². The molecule has 1 fully saturated rings. The van der Waals surface area contributed by atoms with E-state index in [9.17, 15) is 8.42 Å². The van der Waals surface area contributed by atoms with Crippen LogP contribution in [0.3, 0.4) is 0 Å². The van der Waals surface area contributed by atoms with E-state index in [0.29, 0.717) is 19.1 Å². The van der Waals surface area contributed by atoms with Crippen LogP contribution in [0.1, 0.15) is 25.3 Å². The number of nitrogens with one attached hydrogen (secondary N) is 2. The van der Waals surface area contributed by atoms with Crippen molar-refractivity contribution < 1.29 is 8.42 Å². The number of sulfonamides is 1. The second-order valence-corrected chi connectivity index (χ2v) is 7.03. The summed E-state index contributed by atoms with van der Waals surface area (Å²) in [5.74, 6) is 0. The molecule has 1 aliphatic carbocycles. The second kappa shape index (κ2) is 5.82. The molecule has 0 radical (unpaired) electrons. The first kappa shape index (κ1) is 13.5. The zero-order valence-electron chi connectivity index (χ0n) is 10.6. The SMILES string of the molecule is CC(CNC1CC1)S(=O)(=O)NCc1ccccc1. The highest BCUT2D eigenvalue weighted by molar-refractivity contribution is 7.90. The predicted molar refractivity (Wildman–Crippen MR) is 72.7 cm³/mol. The van der Waals surface area contributed by atoms with Gasteiger partial charge in [0.05, 0.1) is 5.25 Å². The Morgan fingerprint density at radius 1 is 1.28 bits per heavy atom. The number of hydrogen-bond acceptors (Lipinski definition) is 3. The maximum Gasteiger partial charge on any atom is 0.215 e. The first-order valence-corrected chi connectivity index (χ1v) is 7.88. The molecule has 0 bridgehead atoms. The van der Waals surface area contributed by atoms with Gasteiger partial charge in [0.15, 0.2) is 0 Å². The lowest BCUT2D eigenvalue weighted by atomic mass is 10.2. The van der Waals surface area contributed by atoms with E-state index in [1.54, 1.807) is 6.92 Å². The van der Waals surface area contributed by atoms with E-state index in [0.717, 1.165) is 5.56 Å². The minimum absolute atomic E-state index is 0.358. The lowest BCUT2D eigenvalue weighted by Gasteiger charge is -2.14. The van der Waals surface area contributed by atoms with Crippen LogP contribution in [0.2, 0.25) is 0 Å². The van der Waals surface area contributed by atoms with Crippen LogP contribution in [0.5, 0.6) is 0 Å². The average molecular weight is 268 g/mol. The van der Waals surface area contributed by atoms with Gasteiger partial charge in [0.2, 0.25) is 10.0 Å². The summed E-state index contributed by atoms with van der Waals surface area (Å²) in [5.41, 5.74) is 0.975. The maximum absolute atomic E-state index is 12.0. The number of rotatable bonds is 7. The average Bonchev–Trinajstić information content (AvgIpc) is 3.19. The highest BCUT2D eigenvalue weighted by Gasteiger charge is 2.25. The molecule has 100 valence electrons. The van der Waals surface area contributed by atoms with Crippen molar-refractivity contribution in [3.8, 4) is 0 Å². The molecule has 1 saturated carbocycles. The molecular formula is C13H20N2O2S. The molecule has 2 rings (SSSR count). The first-order chi connectivity index (χ1) is 8.58. The molecule has 0 aromatic heterocycles. The van der Waals surface area contributed by atoms with Crippen LogP contribution in [0.4, 0.5) is 0 Å².